The molecule has 1 N–H and O–H groups in total. The van der Waals surface area contributed by atoms with Crippen LogP contribution in [-0.2, 0) is 14.9 Å². The molecule has 8 heteroatoms. The number of nitrogens with zero attached hydrogens (tertiary/aromatic N) is 1. The van der Waals surface area contributed by atoms with Crippen molar-refractivity contribution in [2.45, 2.75) is 0 Å². The Morgan fingerprint density at radius 2 is 2.00 bits per heavy atom. The molecule has 124 valence electrons. The summed E-state index contributed by atoms with van der Waals surface area (Å²) in [6.07, 6.45) is 1.00. The molecule has 0 aliphatic carbocycles. The van der Waals surface area contributed by atoms with Crippen molar-refractivity contribution in [2.75, 3.05) is 30.8 Å². The van der Waals surface area contributed by atoms with Gasteiger partial charge in [-0.2, -0.15) is 8.42 Å². The lowest BCUT2D eigenvalue weighted by atomic mass is 10.1. The second kappa shape index (κ2) is 6.74. The van der Waals surface area contributed by atoms with Gasteiger partial charge in [0, 0.05) is 18.5 Å². The van der Waals surface area contributed by atoms with Gasteiger partial charge in [0.1, 0.15) is 5.75 Å². The summed E-state index contributed by atoms with van der Waals surface area (Å²) >= 11 is 0. The van der Waals surface area contributed by atoms with Gasteiger partial charge in [0.05, 0.1) is 18.5 Å². The van der Waals surface area contributed by atoms with Gasteiger partial charge in [-0.05, 0) is 23.6 Å². The quantitative estimate of drug-likeness (QED) is 0.844. The van der Waals surface area contributed by atoms with Crippen LogP contribution in [0.5, 0.6) is 5.75 Å². The highest BCUT2D eigenvalue weighted by Gasteiger charge is 2.21. The number of carbonyl (C=O) groups is 1. The van der Waals surface area contributed by atoms with Gasteiger partial charge in [-0.15, -0.1) is 12.4 Å². The number of halogens is 1. The Morgan fingerprint density at radius 3 is 2.70 bits per heavy atom. The fourth-order valence-corrected chi connectivity index (χ4v) is 3.01. The molecule has 1 saturated heterocycles. The molecule has 3 rings (SSSR count). The van der Waals surface area contributed by atoms with Gasteiger partial charge in [0.15, 0.2) is 0 Å². The molecule has 0 saturated carbocycles. The number of fused-ring (bicyclic) bond motifs is 1. The van der Waals surface area contributed by atoms with Crippen LogP contribution in [0.4, 0.5) is 5.69 Å². The second-order valence-electron chi connectivity index (χ2n) is 5.17. The number of benzene rings is 2. The number of amides is 1. The molecule has 1 aliphatic heterocycles. The molecule has 6 nitrogen and oxygen atoms in total. The molecule has 0 bridgehead atoms. The van der Waals surface area contributed by atoms with Crippen molar-refractivity contribution in [3.63, 3.8) is 0 Å². The Hall–Kier alpha value is -1.83. The zero-order valence-electron chi connectivity index (χ0n) is 12.5. The lowest BCUT2D eigenvalue weighted by Crippen LogP contribution is -2.48. The van der Waals surface area contributed by atoms with Crippen molar-refractivity contribution < 1.29 is 17.4 Å². The predicted molar refractivity (Wildman–Crippen MR) is 91.9 cm³/mol. The molecule has 1 aliphatic rings. The summed E-state index contributed by atoms with van der Waals surface area (Å²) in [5, 5.41) is 4.74. The van der Waals surface area contributed by atoms with Crippen molar-refractivity contribution in [3.05, 3.63) is 36.4 Å². The largest absolute Gasteiger partial charge is 0.383 e. The van der Waals surface area contributed by atoms with Crippen LogP contribution in [-0.4, -0.2) is 40.2 Å². The van der Waals surface area contributed by atoms with Crippen LogP contribution in [0.1, 0.15) is 0 Å². The van der Waals surface area contributed by atoms with Crippen LogP contribution in [0.3, 0.4) is 0 Å². The topological polar surface area (TPSA) is 75.7 Å². The Labute approximate surface area is 141 Å². The number of hydrogen-bond acceptors (Lipinski definition) is 5. The molecule has 23 heavy (non-hydrogen) atoms. The van der Waals surface area contributed by atoms with Gasteiger partial charge >= 0.3 is 10.1 Å². The number of rotatable bonds is 3. The van der Waals surface area contributed by atoms with Crippen LogP contribution in [0.15, 0.2) is 36.4 Å². The van der Waals surface area contributed by atoms with E-state index in [4.69, 9.17) is 4.18 Å². The maximum Gasteiger partial charge on any atom is 0.306 e. The fourth-order valence-electron chi connectivity index (χ4n) is 2.56. The summed E-state index contributed by atoms with van der Waals surface area (Å²) in [5.41, 5.74) is 0.767. The highest BCUT2D eigenvalue weighted by molar-refractivity contribution is 7.86. The van der Waals surface area contributed by atoms with Gasteiger partial charge in [-0.1, -0.05) is 18.2 Å². The van der Waals surface area contributed by atoms with Crippen molar-refractivity contribution in [3.8, 4) is 5.75 Å². The van der Waals surface area contributed by atoms with E-state index in [0.29, 0.717) is 13.1 Å². The number of nitrogens with one attached hydrogen (secondary N) is 1. The molecule has 2 aromatic carbocycles. The third kappa shape index (κ3) is 3.93. The summed E-state index contributed by atoms with van der Waals surface area (Å²) in [7, 11) is -3.58. The van der Waals surface area contributed by atoms with Crippen LogP contribution in [0.2, 0.25) is 0 Å². The first-order valence-electron chi connectivity index (χ1n) is 6.87. The summed E-state index contributed by atoms with van der Waals surface area (Å²) in [5.74, 6) is 0.234. The summed E-state index contributed by atoms with van der Waals surface area (Å²) in [4.78, 5) is 13.8. The highest BCUT2D eigenvalue weighted by atomic mass is 35.5. The monoisotopic (exact) mass is 356 g/mol. The molecule has 1 amide bonds. The van der Waals surface area contributed by atoms with E-state index in [1.54, 1.807) is 23.1 Å². The van der Waals surface area contributed by atoms with E-state index >= 15 is 0 Å². The van der Waals surface area contributed by atoms with Crippen molar-refractivity contribution in [1.29, 1.82) is 0 Å². The Morgan fingerprint density at radius 1 is 1.22 bits per heavy atom. The SMILES string of the molecule is CS(=O)(=O)Oc1ccc2cccc(N3CCNCC3=O)c2c1.Cl. The summed E-state index contributed by atoms with van der Waals surface area (Å²) < 4.78 is 27.5. The molecule has 2 aromatic rings. The molecule has 1 fully saturated rings. The first-order valence-corrected chi connectivity index (χ1v) is 8.69. The molecule has 0 unspecified atom stereocenters. The minimum absolute atomic E-state index is 0. The van der Waals surface area contributed by atoms with Crippen LogP contribution < -0.4 is 14.4 Å². The summed E-state index contributed by atoms with van der Waals surface area (Å²) in [6, 6.07) is 10.7. The van der Waals surface area contributed by atoms with E-state index in [9.17, 15) is 13.2 Å². The fraction of sp³-hybridized carbons (Fsp3) is 0.267. The minimum Gasteiger partial charge on any atom is -0.383 e. The van der Waals surface area contributed by atoms with Crippen molar-refractivity contribution in [1.82, 2.24) is 5.32 Å². The van der Waals surface area contributed by atoms with Crippen LogP contribution in [0, 0.1) is 0 Å². The minimum atomic E-state index is -3.58. The van der Waals surface area contributed by atoms with E-state index in [2.05, 4.69) is 5.32 Å². The van der Waals surface area contributed by atoms with Gasteiger partial charge in [0.2, 0.25) is 5.91 Å². The van der Waals surface area contributed by atoms with E-state index in [1.165, 1.54) is 0 Å². The maximum absolute atomic E-state index is 12.1. The summed E-state index contributed by atoms with van der Waals surface area (Å²) in [6.45, 7) is 1.60. The highest BCUT2D eigenvalue weighted by Crippen LogP contribution is 2.31. The first kappa shape index (κ1) is 17.5. The number of hydrogen-bond donors (Lipinski definition) is 1. The second-order valence-corrected chi connectivity index (χ2v) is 6.74. The van der Waals surface area contributed by atoms with E-state index in [-0.39, 0.29) is 24.1 Å². The average molecular weight is 357 g/mol. The van der Waals surface area contributed by atoms with Gasteiger partial charge in [-0.25, -0.2) is 0 Å². The van der Waals surface area contributed by atoms with Gasteiger partial charge in [0.25, 0.3) is 0 Å². The molecular formula is C15H17ClN2O4S. The van der Waals surface area contributed by atoms with Crippen LogP contribution >= 0.6 is 12.4 Å². The molecule has 0 atom stereocenters. The lowest BCUT2D eigenvalue weighted by Gasteiger charge is -2.28. The molecular weight excluding hydrogens is 340 g/mol. The predicted octanol–water partition coefficient (Wildman–Crippen LogP) is 1.54. The smallest absolute Gasteiger partial charge is 0.306 e. The third-order valence-electron chi connectivity index (χ3n) is 3.46. The third-order valence-corrected chi connectivity index (χ3v) is 3.95. The first-order chi connectivity index (χ1) is 10.4. The molecule has 0 radical (unpaired) electrons. The van der Waals surface area contributed by atoms with Crippen LogP contribution in [0.25, 0.3) is 10.8 Å². The zero-order valence-corrected chi connectivity index (χ0v) is 14.1. The lowest BCUT2D eigenvalue weighted by molar-refractivity contribution is -0.118. The van der Waals surface area contributed by atoms with E-state index in [1.807, 2.05) is 18.2 Å². The van der Waals surface area contributed by atoms with Gasteiger partial charge < -0.3 is 14.4 Å². The standard InChI is InChI=1S/C15H16N2O4S.ClH/c1-22(19,20)21-12-6-5-11-3-2-4-14(13(11)9-12)17-8-7-16-10-15(17)18;/h2-6,9,16H,7-8,10H2,1H3;1H. The molecule has 0 spiro atoms. The normalized spacial score (nSPS) is 15.3. The Balaban J connectivity index is 0.00000192. The Bertz CT molecular complexity index is 838. The Kier molecular flexibility index (Phi) is 5.13. The van der Waals surface area contributed by atoms with E-state index < -0.39 is 10.1 Å². The number of carbonyl (C=O) groups excluding carboxylic acids is 1. The van der Waals surface area contributed by atoms with Crippen molar-refractivity contribution >= 4 is 44.9 Å². The zero-order chi connectivity index (χ0) is 15.7. The van der Waals surface area contributed by atoms with Crippen molar-refractivity contribution in [2.24, 2.45) is 0 Å². The van der Waals surface area contributed by atoms with E-state index in [0.717, 1.165) is 29.3 Å². The number of piperazine rings is 1. The average Bonchev–Trinajstić information content (AvgIpc) is 2.46. The van der Waals surface area contributed by atoms with Gasteiger partial charge in [-0.3, -0.25) is 4.79 Å². The molecule has 1 heterocycles. The number of anilines is 1. The molecule has 0 aromatic heterocycles. The maximum atomic E-state index is 12.1.